The zero-order valence-corrected chi connectivity index (χ0v) is 25.7. The molecule has 0 radical (unpaired) electrons. The number of benzene rings is 3. The number of hydrogen-bond acceptors (Lipinski definition) is 8. The molecule has 3 aromatic carbocycles. The Bertz CT molecular complexity index is 1650. The lowest BCUT2D eigenvalue weighted by Gasteiger charge is -2.40. The van der Waals surface area contributed by atoms with E-state index in [4.69, 9.17) is 14.9 Å². The number of anilines is 4. The largest absolute Gasteiger partial charge is 0.477 e. The predicted molar refractivity (Wildman–Crippen MR) is 178 cm³/mol. The smallest absolute Gasteiger partial charge is 0.354 e. The van der Waals surface area contributed by atoms with Crippen molar-refractivity contribution in [2.45, 2.75) is 26.6 Å². The predicted octanol–water partition coefficient (Wildman–Crippen LogP) is 6.46. The third-order valence-corrected chi connectivity index (χ3v) is 8.29. The second kappa shape index (κ2) is 13.5. The molecule has 3 heterocycles. The fourth-order valence-corrected chi connectivity index (χ4v) is 5.67. The Morgan fingerprint density at radius 1 is 0.978 bits per heavy atom. The highest BCUT2D eigenvalue weighted by Crippen LogP contribution is 2.35. The first-order valence-electron chi connectivity index (χ1n) is 15.4. The minimum Gasteiger partial charge on any atom is -0.477 e. The maximum atomic E-state index is 12.2. The molecule has 0 aliphatic carbocycles. The lowest BCUT2D eigenvalue weighted by Crippen LogP contribution is -2.52. The third-order valence-electron chi connectivity index (χ3n) is 8.29. The first kappa shape index (κ1) is 30.3. The van der Waals surface area contributed by atoms with E-state index in [2.05, 4.69) is 38.3 Å². The van der Waals surface area contributed by atoms with E-state index in [-0.39, 0.29) is 17.7 Å². The molecule has 0 amide bonds. The summed E-state index contributed by atoms with van der Waals surface area (Å²) in [6.45, 7) is 9.14. The van der Waals surface area contributed by atoms with Crippen molar-refractivity contribution >= 4 is 34.6 Å². The Kier molecular flexibility index (Phi) is 9.09. The number of aromatic nitrogens is 1. The van der Waals surface area contributed by atoms with Crippen molar-refractivity contribution in [1.82, 2.24) is 4.98 Å². The number of carboxylic acids is 1. The van der Waals surface area contributed by atoms with Crippen molar-refractivity contribution in [2.24, 2.45) is 5.92 Å². The minimum atomic E-state index is -1.12. The summed E-state index contributed by atoms with van der Waals surface area (Å²) in [6.07, 6.45) is 0.158. The molecule has 4 aromatic rings. The van der Waals surface area contributed by atoms with Gasteiger partial charge in [-0.15, -0.1) is 0 Å². The number of pyridine rings is 1. The van der Waals surface area contributed by atoms with Crippen LogP contribution in [0.2, 0.25) is 0 Å². The molecule has 3 N–H and O–H groups in total. The molecule has 45 heavy (non-hydrogen) atoms. The summed E-state index contributed by atoms with van der Waals surface area (Å²) in [6, 6.07) is 27.8. The average Bonchev–Trinajstić information content (AvgIpc) is 3.04. The van der Waals surface area contributed by atoms with E-state index < -0.39 is 5.97 Å². The monoisotopic (exact) mass is 605 g/mol. The molecule has 0 atom stereocenters. The molecular weight excluding hydrogens is 566 g/mol. The van der Waals surface area contributed by atoms with Gasteiger partial charge in [-0.1, -0.05) is 62.4 Å². The van der Waals surface area contributed by atoms with Crippen molar-refractivity contribution in [3.8, 4) is 11.1 Å². The van der Waals surface area contributed by atoms with Crippen LogP contribution in [0.4, 0.5) is 22.9 Å². The number of carbonyl (C=O) groups is 1. The minimum absolute atomic E-state index is 0.0811. The maximum absolute atomic E-state index is 12.2. The van der Waals surface area contributed by atoms with E-state index >= 15 is 0 Å². The van der Waals surface area contributed by atoms with Gasteiger partial charge < -0.3 is 35.1 Å². The van der Waals surface area contributed by atoms with Gasteiger partial charge in [-0.3, -0.25) is 0 Å². The van der Waals surface area contributed by atoms with Gasteiger partial charge in [0.05, 0.1) is 25.9 Å². The van der Waals surface area contributed by atoms with Crippen molar-refractivity contribution < 1.29 is 19.4 Å². The molecule has 0 bridgehead atoms. The van der Waals surface area contributed by atoms with Crippen LogP contribution in [0.25, 0.3) is 11.1 Å². The van der Waals surface area contributed by atoms with Gasteiger partial charge in [-0.05, 0) is 59.0 Å². The molecule has 9 heteroatoms. The van der Waals surface area contributed by atoms with Crippen LogP contribution >= 0.6 is 0 Å². The molecule has 1 aromatic heterocycles. The van der Waals surface area contributed by atoms with Crippen molar-refractivity contribution in [1.29, 1.82) is 5.41 Å². The molecular formula is C36H39N5O4. The van der Waals surface area contributed by atoms with Gasteiger partial charge in [0.25, 0.3) is 0 Å². The number of morpholine rings is 1. The highest BCUT2D eigenvalue weighted by Gasteiger charge is 2.28. The second-order valence-corrected chi connectivity index (χ2v) is 11.8. The first-order chi connectivity index (χ1) is 21.9. The van der Waals surface area contributed by atoms with Gasteiger partial charge >= 0.3 is 5.97 Å². The van der Waals surface area contributed by atoms with E-state index in [1.165, 1.54) is 0 Å². The summed E-state index contributed by atoms with van der Waals surface area (Å²) in [5, 5.41) is 22.5. The summed E-state index contributed by atoms with van der Waals surface area (Å²) < 4.78 is 11.6. The average molecular weight is 606 g/mol. The number of aromatic carboxylic acids is 1. The van der Waals surface area contributed by atoms with Gasteiger partial charge in [0, 0.05) is 54.5 Å². The Labute approximate surface area is 263 Å². The van der Waals surface area contributed by atoms with Crippen LogP contribution in [0, 0.1) is 11.3 Å². The first-order valence-corrected chi connectivity index (χ1v) is 15.4. The number of hydrogen-bond donors (Lipinski definition) is 3. The van der Waals surface area contributed by atoms with Crippen LogP contribution < -0.4 is 15.1 Å². The number of carboxylic acid groups (broad SMARTS) is 1. The Balaban J connectivity index is 1.26. The van der Waals surface area contributed by atoms with Gasteiger partial charge in [0.2, 0.25) is 0 Å². The van der Waals surface area contributed by atoms with Crippen LogP contribution in [0.5, 0.6) is 0 Å². The standard InChI is InChI=1S/C36H39N5O4/c1-24(2)34(37)33-31(26-11-13-28(14-12-26)40-15-17-44-18-16-40)20-32(36(42)43)39-35(33)38-27-9-6-10-29(19-27)41-21-30(22-41)45-23-25-7-4-3-5-8-25/h3-14,19-20,24,30,37H,15-18,21-23H2,1-2H3,(H,38,39)(H,42,43). The highest BCUT2D eigenvalue weighted by molar-refractivity contribution is 6.10. The summed E-state index contributed by atoms with van der Waals surface area (Å²) in [7, 11) is 0. The third kappa shape index (κ3) is 7.00. The van der Waals surface area contributed by atoms with Gasteiger partial charge in [-0.2, -0.15) is 0 Å². The summed E-state index contributed by atoms with van der Waals surface area (Å²) in [4.78, 5) is 21.3. The number of ether oxygens (including phenoxy) is 2. The Hall–Kier alpha value is -4.73. The molecule has 0 spiro atoms. The topological polar surface area (TPSA) is 111 Å². The molecule has 2 fully saturated rings. The molecule has 0 saturated carbocycles. The van der Waals surface area contributed by atoms with E-state index in [1.807, 2.05) is 74.5 Å². The molecule has 9 nitrogen and oxygen atoms in total. The van der Waals surface area contributed by atoms with Gasteiger partial charge in [-0.25, -0.2) is 9.78 Å². The van der Waals surface area contributed by atoms with Crippen molar-refractivity contribution in [3.05, 3.63) is 102 Å². The molecule has 0 unspecified atom stereocenters. The fraction of sp³-hybridized carbons (Fsp3) is 0.306. The summed E-state index contributed by atoms with van der Waals surface area (Å²) >= 11 is 0. The highest BCUT2D eigenvalue weighted by atomic mass is 16.5. The van der Waals surface area contributed by atoms with E-state index in [0.717, 1.165) is 54.4 Å². The summed E-state index contributed by atoms with van der Waals surface area (Å²) in [5.74, 6) is -0.872. The van der Waals surface area contributed by atoms with Crippen LogP contribution in [0.1, 0.15) is 35.5 Å². The summed E-state index contributed by atoms with van der Waals surface area (Å²) in [5.41, 5.74) is 6.44. The van der Waals surface area contributed by atoms with E-state index in [0.29, 0.717) is 42.5 Å². The Morgan fingerprint density at radius 3 is 2.40 bits per heavy atom. The number of nitrogens with one attached hydrogen (secondary N) is 2. The van der Waals surface area contributed by atoms with Crippen LogP contribution in [0.3, 0.4) is 0 Å². The molecule has 6 rings (SSSR count). The number of rotatable bonds is 11. The van der Waals surface area contributed by atoms with Crippen molar-refractivity contribution in [3.63, 3.8) is 0 Å². The normalized spacial score (nSPS) is 15.2. The van der Waals surface area contributed by atoms with Gasteiger partial charge in [0.1, 0.15) is 5.82 Å². The quantitative estimate of drug-likeness (QED) is 0.167. The van der Waals surface area contributed by atoms with Crippen LogP contribution in [-0.2, 0) is 16.1 Å². The SMILES string of the molecule is CC(C)C(=N)c1c(-c2ccc(N3CCOCC3)cc2)cc(C(=O)O)nc1Nc1cccc(N2CC(OCc3ccccc3)C2)c1. The van der Waals surface area contributed by atoms with Crippen LogP contribution in [-0.4, -0.2) is 67.3 Å². The van der Waals surface area contributed by atoms with Crippen LogP contribution in [0.15, 0.2) is 84.9 Å². The van der Waals surface area contributed by atoms with Crippen molar-refractivity contribution in [2.75, 3.05) is 54.5 Å². The molecule has 2 aliphatic heterocycles. The van der Waals surface area contributed by atoms with E-state index in [1.54, 1.807) is 6.07 Å². The Morgan fingerprint density at radius 2 is 1.71 bits per heavy atom. The fourth-order valence-electron chi connectivity index (χ4n) is 5.67. The van der Waals surface area contributed by atoms with E-state index in [9.17, 15) is 9.90 Å². The number of nitrogens with zero attached hydrogens (tertiary/aromatic N) is 3. The molecule has 232 valence electrons. The molecule has 2 saturated heterocycles. The molecule has 2 aliphatic rings. The lowest BCUT2D eigenvalue weighted by atomic mass is 9.91. The zero-order valence-electron chi connectivity index (χ0n) is 25.7. The second-order valence-electron chi connectivity index (χ2n) is 11.8. The maximum Gasteiger partial charge on any atom is 0.354 e. The zero-order chi connectivity index (χ0) is 31.3. The van der Waals surface area contributed by atoms with Gasteiger partial charge in [0.15, 0.2) is 5.69 Å². The lowest BCUT2D eigenvalue weighted by molar-refractivity contribution is 0.0224.